The van der Waals surface area contributed by atoms with Gasteiger partial charge in [-0.25, -0.2) is 14.8 Å². The van der Waals surface area contributed by atoms with Crippen LogP contribution < -0.4 is 5.32 Å². The van der Waals surface area contributed by atoms with Gasteiger partial charge >= 0.3 is 6.09 Å². The Morgan fingerprint density at radius 2 is 1.38 bits per heavy atom. The van der Waals surface area contributed by atoms with Crippen molar-refractivity contribution in [3.8, 4) is 33.6 Å². The summed E-state index contributed by atoms with van der Waals surface area (Å²) in [6.07, 6.45) is 3.44. The molecule has 4 heterocycles. The molecule has 2 aromatic heterocycles. The number of carbonyl (C=O) groups excluding carboxylic acids is 3. The Balaban J connectivity index is 1.17. The number of aromatic amines is 2. The van der Waals surface area contributed by atoms with E-state index in [1.807, 2.05) is 87.4 Å². The molecule has 4 aromatic rings. The zero-order valence-electron chi connectivity index (χ0n) is 34.4. The van der Waals surface area contributed by atoms with Crippen LogP contribution in [0.15, 0.2) is 48.5 Å². The molecule has 0 bridgehead atoms. The van der Waals surface area contributed by atoms with Gasteiger partial charge in [-0.15, -0.1) is 0 Å². The Morgan fingerprint density at radius 3 is 1.85 bits per heavy atom. The number of nitrogens with one attached hydrogen (secondary N) is 4. The standard InChI is InChI=1S/C42H52Cl2N8O6S2/c1-22(2)30(19-57-58-21-45)40(53)51-17-24(20-59)15-31(51)38-46-34(36(43)49-38)27-11-7-25(8-12-27)26-9-13-28(14-10-26)35-37(44)50-39(47-35)32-16-29(60-6)18-52(32)41(54)33(23(3)4)48-42(55)56-5/h7-14,21-24,29-33,45,59H,15-20H2,1-6H3,(H,46,49)(H,47,50)(H,48,55)/t24-,29-,30-,31-,32?,33-/m0/s1. The number of hydrogen-bond donors (Lipinski definition) is 5. The number of nitrogens with zero attached hydrogens (tertiary/aromatic N) is 4. The van der Waals surface area contributed by atoms with Crippen LogP contribution in [0.1, 0.15) is 64.3 Å². The average molecular weight is 900 g/mol. The molecule has 2 aromatic carbocycles. The third-order valence-corrected chi connectivity index (χ3v) is 13.4. The van der Waals surface area contributed by atoms with Gasteiger partial charge in [-0.1, -0.05) is 99.4 Å². The fraction of sp³-hybridized carbons (Fsp3) is 0.476. The monoisotopic (exact) mass is 898 g/mol. The number of hydrogen-bond acceptors (Lipinski definition) is 11. The van der Waals surface area contributed by atoms with Crippen molar-refractivity contribution in [1.82, 2.24) is 35.1 Å². The number of benzene rings is 2. The van der Waals surface area contributed by atoms with Gasteiger partial charge in [0.15, 0.2) is 0 Å². The fourth-order valence-corrected chi connectivity index (χ4v) is 9.34. The summed E-state index contributed by atoms with van der Waals surface area (Å²) in [6.45, 7) is 8.76. The maximum atomic E-state index is 13.9. The third-order valence-electron chi connectivity index (χ3n) is 11.3. The van der Waals surface area contributed by atoms with Crippen molar-refractivity contribution in [3.05, 3.63) is 70.5 Å². The summed E-state index contributed by atoms with van der Waals surface area (Å²) in [5.41, 5.74) is 4.77. The van der Waals surface area contributed by atoms with Crippen molar-refractivity contribution >= 4 is 71.9 Å². The predicted molar refractivity (Wildman–Crippen MR) is 238 cm³/mol. The Morgan fingerprint density at radius 1 is 0.867 bits per heavy atom. The molecule has 2 aliphatic rings. The first-order valence-corrected chi connectivity index (χ1v) is 22.5. The number of thiol groups is 1. The molecular formula is C42H52Cl2N8O6S2. The van der Waals surface area contributed by atoms with Gasteiger partial charge in [-0.2, -0.15) is 29.3 Å². The topological polar surface area (TPSA) is 179 Å². The summed E-state index contributed by atoms with van der Waals surface area (Å²) in [6, 6.07) is 14.5. The smallest absolute Gasteiger partial charge is 0.407 e. The van der Waals surface area contributed by atoms with Gasteiger partial charge in [0, 0.05) is 29.5 Å². The van der Waals surface area contributed by atoms with Crippen LogP contribution in [0.2, 0.25) is 10.3 Å². The minimum absolute atomic E-state index is 0.0217. The first-order valence-electron chi connectivity index (χ1n) is 19.9. The Kier molecular flexibility index (Phi) is 15.2. The minimum atomic E-state index is -0.753. The zero-order valence-corrected chi connectivity index (χ0v) is 37.6. The third kappa shape index (κ3) is 9.94. The summed E-state index contributed by atoms with van der Waals surface area (Å²) in [5, 5.41) is 10.7. The molecular weight excluding hydrogens is 848 g/mol. The summed E-state index contributed by atoms with van der Waals surface area (Å²) in [7, 11) is 1.28. The van der Waals surface area contributed by atoms with Crippen LogP contribution in [-0.2, 0) is 24.1 Å². The second-order valence-corrected chi connectivity index (χ2v) is 18.1. The lowest BCUT2D eigenvalue weighted by atomic mass is 9.95. The highest BCUT2D eigenvalue weighted by molar-refractivity contribution is 7.99. The fourth-order valence-electron chi connectivity index (χ4n) is 7.89. The molecule has 0 spiro atoms. The van der Waals surface area contributed by atoms with E-state index in [1.165, 1.54) is 7.11 Å². The molecule has 322 valence electrons. The lowest BCUT2D eigenvalue weighted by molar-refractivity contribution is -0.229. The minimum Gasteiger partial charge on any atom is -0.453 e. The molecule has 60 heavy (non-hydrogen) atoms. The lowest BCUT2D eigenvalue weighted by Crippen LogP contribution is -2.51. The van der Waals surface area contributed by atoms with Crippen LogP contribution in [0, 0.1) is 29.1 Å². The molecule has 0 saturated carbocycles. The Labute approximate surface area is 370 Å². The molecule has 18 heteroatoms. The SMILES string of the molecule is COC(=O)N[C@H](C(=O)N1C[C@@H](SC)CC1c1nc(-c2ccc(-c3ccc(-c4nc([C@@H]5C[C@H](CS)CN5C(=O)[C@@H](COOC=N)C(C)C)[nH]c4Cl)cc3)cc2)c(Cl)[nH]1)C(C)C. The molecule has 3 amide bonds. The highest BCUT2D eigenvalue weighted by atomic mass is 35.5. The number of halogens is 2. The van der Waals surface area contributed by atoms with Crippen molar-refractivity contribution in [2.45, 2.75) is 63.9 Å². The molecule has 6 rings (SSSR count). The quantitative estimate of drug-likeness (QED) is 0.0184. The average Bonchev–Trinajstić information content (AvgIpc) is 4.05. The predicted octanol–water partition coefficient (Wildman–Crippen LogP) is 8.47. The number of carbonyl (C=O) groups is 3. The summed E-state index contributed by atoms with van der Waals surface area (Å²) >= 11 is 19.8. The Bertz CT molecular complexity index is 2130. The van der Waals surface area contributed by atoms with Crippen LogP contribution in [-0.4, -0.2) is 104 Å². The van der Waals surface area contributed by atoms with Crippen molar-refractivity contribution in [2.24, 2.45) is 23.7 Å². The number of methoxy groups -OCH3 is 1. The first-order chi connectivity index (χ1) is 28.8. The van der Waals surface area contributed by atoms with E-state index in [9.17, 15) is 14.4 Å². The normalized spacial score (nSPS) is 20.1. The van der Waals surface area contributed by atoms with Crippen molar-refractivity contribution < 1.29 is 28.9 Å². The summed E-state index contributed by atoms with van der Waals surface area (Å²) in [5.74, 6) is 1.09. The van der Waals surface area contributed by atoms with E-state index in [-0.39, 0.29) is 53.5 Å². The van der Waals surface area contributed by atoms with Crippen LogP contribution in [0.5, 0.6) is 0 Å². The second-order valence-electron chi connectivity index (χ2n) is 15.8. The molecule has 14 nitrogen and oxygen atoms in total. The van der Waals surface area contributed by atoms with E-state index < -0.39 is 18.1 Å². The van der Waals surface area contributed by atoms with Gasteiger partial charge in [-0.05, 0) is 53.7 Å². The van der Waals surface area contributed by atoms with Crippen LogP contribution in [0.25, 0.3) is 33.6 Å². The van der Waals surface area contributed by atoms with Gasteiger partial charge in [0.05, 0.1) is 25.1 Å². The van der Waals surface area contributed by atoms with E-state index in [0.29, 0.717) is 71.4 Å². The highest BCUT2D eigenvalue weighted by Crippen LogP contribution is 2.41. The molecule has 0 aliphatic carbocycles. The van der Waals surface area contributed by atoms with Gasteiger partial charge < -0.3 is 34.7 Å². The molecule has 0 radical (unpaired) electrons. The molecule has 2 saturated heterocycles. The molecule has 6 atom stereocenters. The van der Waals surface area contributed by atoms with Crippen LogP contribution in [0.4, 0.5) is 4.79 Å². The van der Waals surface area contributed by atoms with Crippen molar-refractivity contribution in [2.75, 3.05) is 38.8 Å². The van der Waals surface area contributed by atoms with Gasteiger partial charge in [0.1, 0.15) is 46.0 Å². The summed E-state index contributed by atoms with van der Waals surface area (Å²) < 4.78 is 4.79. The number of aromatic nitrogens is 4. The molecule has 2 fully saturated rings. The van der Waals surface area contributed by atoms with Gasteiger partial charge in [0.2, 0.25) is 18.2 Å². The Hall–Kier alpha value is -4.22. The van der Waals surface area contributed by atoms with E-state index in [0.717, 1.165) is 22.3 Å². The molecule has 1 unspecified atom stereocenters. The second kappa shape index (κ2) is 20.1. The number of amides is 3. The van der Waals surface area contributed by atoms with Gasteiger partial charge in [0.25, 0.3) is 0 Å². The number of rotatable bonds is 16. The van der Waals surface area contributed by atoms with E-state index in [2.05, 4.69) is 32.8 Å². The van der Waals surface area contributed by atoms with E-state index in [4.69, 9.17) is 48.2 Å². The number of ether oxygens (including phenoxy) is 1. The molecule has 2 aliphatic heterocycles. The van der Waals surface area contributed by atoms with E-state index in [1.54, 1.807) is 16.7 Å². The van der Waals surface area contributed by atoms with E-state index >= 15 is 0 Å². The number of H-pyrrole nitrogens is 2. The number of likely N-dealkylation sites (tertiary alicyclic amines) is 2. The number of imidazole rings is 2. The molecule has 4 N–H and O–H groups in total. The first kappa shape index (κ1) is 45.3. The van der Waals surface area contributed by atoms with Crippen molar-refractivity contribution in [3.63, 3.8) is 0 Å². The lowest BCUT2D eigenvalue weighted by Gasteiger charge is -2.30. The van der Waals surface area contributed by atoms with Crippen LogP contribution in [0.3, 0.4) is 0 Å². The number of thioether (sulfide) groups is 1. The zero-order chi connectivity index (χ0) is 43.2. The van der Waals surface area contributed by atoms with Crippen molar-refractivity contribution in [1.29, 1.82) is 5.41 Å². The highest BCUT2D eigenvalue weighted by Gasteiger charge is 2.43. The van der Waals surface area contributed by atoms with Gasteiger partial charge in [-0.3, -0.25) is 15.0 Å². The maximum Gasteiger partial charge on any atom is 0.407 e. The largest absolute Gasteiger partial charge is 0.453 e. The summed E-state index contributed by atoms with van der Waals surface area (Å²) in [4.78, 5) is 69.5. The van der Waals surface area contributed by atoms with Crippen LogP contribution >= 0.6 is 47.6 Å². The number of alkyl carbamates (subject to hydrolysis) is 1. The maximum absolute atomic E-state index is 13.9.